The van der Waals surface area contributed by atoms with Gasteiger partial charge in [-0.05, 0) is 37.1 Å². The molecule has 1 aromatic carbocycles. The summed E-state index contributed by atoms with van der Waals surface area (Å²) in [5, 5.41) is 17.8. The molecule has 0 aliphatic carbocycles. The Morgan fingerprint density at radius 1 is 1.27 bits per heavy atom. The summed E-state index contributed by atoms with van der Waals surface area (Å²) in [6, 6.07) is 7.27. The van der Waals surface area contributed by atoms with Crippen LogP contribution in [0.15, 0.2) is 34.3 Å². The third-order valence-corrected chi connectivity index (χ3v) is 4.11. The number of nitriles is 1. The molecule has 1 aliphatic heterocycles. The maximum atomic E-state index is 12.0. The van der Waals surface area contributed by atoms with E-state index in [0.717, 1.165) is 12.8 Å². The predicted octanol–water partition coefficient (Wildman–Crippen LogP) is 0.248. The Labute approximate surface area is 128 Å². The summed E-state index contributed by atoms with van der Waals surface area (Å²) in [5.74, 6) is -0.409. The lowest BCUT2D eigenvalue weighted by atomic mass is 10.3. The number of likely N-dealkylation sites (tertiary alicyclic amines) is 1. The van der Waals surface area contributed by atoms with Gasteiger partial charge in [0, 0.05) is 13.1 Å². The van der Waals surface area contributed by atoms with Gasteiger partial charge < -0.3 is 4.90 Å². The van der Waals surface area contributed by atoms with Gasteiger partial charge >= 0.3 is 0 Å². The molecule has 0 bridgehead atoms. The third kappa shape index (κ3) is 3.81. The minimum Gasteiger partial charge on any atom is -0.337 e. The molecule has 0 radical (unpaired) electrons. The number of nitrogens with one attached hydrogen (secondary N) is 1. The molecular weight excluding hydrogens is 306 g/mol. The molecule has 0 spiro atoms. The number of carbonyl (C=O) groups excluding carboxylic acids is 1. The number of sulfonamides is 1. The average Bonchev–Trinajstić information content (AvgIpc) is 3.01. The minimum atomic E-state index is -3.76. The highest BCUT2D eigenvalue weighted by molar-refractivity contribution is 7.89. The fourth-order valence-electron chi connectivity index (χ4n) is 2.03. The van der Waals surface area contributed by atoms with Gasteiger partial charge in [-0.2, -0.15) is 10.4 Å². The van der Waals surface area contributed by atoms with Crippen molar-refractivity contribution in [3.63, 3.8) is 0 Å². The minimum absolute atomic E-state index is 0.0318. The highest BCUT2D eigenvalue weighted by Gasteiger charge is 2.22. The zero-order chi connectivity index (χ0) is 16.2. The summed E-state index contributed by atoms with van der Waals surface area (Å²) < 4.78 is 22.3. The Bertz CT molecular complexity index is 728. The Kier molecular flexibility index (Phi) is 4.75. The van der Waals surface area contributed by atoms with Crippen molar-refractivity contribution in [1.82, 2.24) is 4.90 Å². The van der Waals surface area contributed by atoms with Crippen LogP contribution in [-0.2, 0) is 14.8 Å². The van der Waals surface area contributed by atoms with E-state index in [1.165, 1.54) is 24.3 Å². The van der Waals surface area contributed by atoms with Gasteiger partial charge in [0.15, 0.2) is 0 Å². The first-order chi connectivity index (χ1) is 10.4. The quantitative estimate of drug-likeness (QED) is 0.606. The fraction of sp³-hybridized carbons (Fsp3) is 0.308. The number of primary sulfonamides is 1. The number of nitrogens with two attached hydrogens (primary N) is 1. The largest absolute Gasteiger partial charge is 0.337 e. The van der Waals surface area contributed by atoms with E-state index in [2.05, 4.69) is 10.5 Å². The van der Waals surface area contributed by atoms with E-state index in [1.807, 2.05) is 0 Å². The Morgan fingerprint density at radius 2 is 1.86 bits per heavy atom. The van der Waals surface area contributed by atoms with Crippen LogP contribution in [-0.4, -0.2) is 38.0 Å². The van der Waals surface area contributed by atoms with Crippen molar-refractivity contribution in [1.29, 1.82) is 5.26 Å². The van der Waals surface area contributed by atoms with Crippen molar-refractivity contribution in [3.05, 3.63) is 24.3 Å². The molecule has 8 nitrogen and oxygen atoms in total. The molecule has 9 heteroatoms. The molecule has 22 heavy (non-hydrogen) atoms. The van der Waals surface area contributed by atoms with E-state index in [1.54, 1.807) is 11.0 Å². The lowest BCUT2D eigenvalue weighted by Gasteiger charge is -2.13. The molecular formula is C13H15N5O3S. The summed E-state index contributed by atoms with van der Waals surface area (Å²) in [7, 11) is -3.76. The molecule has 1 heterocycles. The summed E-state index contributed by atoms with van der Waals surface area (Å²) in [6.07, 6.45) is 1.85. The predicted molar refractivity (Wildman–Crippen MR) is 80.3 cm³/mol. The fourth-order valence-corrected chi connectivity index (χ4v) is 2.55. The second-order valence-electron chi connectivity index (χ2n) is 4.75. The van der Waals surface area contributed by atoms with Crippen LogP contribution in [0.2, 0.25) is 0 Å². The van der Waals surface area contributed by atoms with E-state index < -0.39 is 15.9 Å². The van der Waals surface area contributed by atoms with E-state index in [0.29, 0.717) is 18.8 Å². The first-order valence-corrected chi connectivity index (χ1v) is 8.12. The van der Waals surface area contributed by atoms with Crippen LogP contribution in [0.1, 0.15) is 12.8 Å². The molecule has 0 saturated carbocycles. The van der Waals surface area contributed by atoms with Gasteiger partial charge in [0.25, 0.3) is 5.91 Å². The molecule has 0 atom stereocenters. The van der Waals surface area contributed by atoms with E-state index >= 15 is 0 Å². The summed E-state index contributed by atoms with van der Waals surface area (Å²) in [4.78, 5) is 13.6. The first-order valence-electron chi connectivity index (χ1n) is 6.58. The average molecular weight is 321 g/mol. The third-order valence-electron chi connectivity index (χ3n) is 3.18. The van der Waals surface area contributed by atoms with E-state index in [-0.39, 0.29) is 10.6 Å². The molecule has 1 fully saturated rings. The van der Waals surface area contributed by atoms with Crippen molar-refractivity contribution in [2.45, 2.75) is 17.7 Å². The smallest absolute Gasteiger partial charge is 0.285 e. The van der Waals surface area contributed by atoms with Crippen LogP contribution in [0.5, 0.6) is 0 Å². The van der Waals surface area contributed by atoms with Crippen molar-refractivity contribution < 1.29 is 13.2 Å². The van der Waals surface area contributed by atoms with Crippen LogP contribution in [0.25, 0.3) is 0 Å². The highest BCUT2D eigenvalue weighted by atomic mass is 32.2. The SMILES string of the molecule is N#C/C(=N\Nc1ccc(S(N)(=O)=O)cc1)C(=O)N1CCCC1. The summed E-state index contributed by atoms with van der Waals surface area (Å²) in [6.45, 7) is 1.26. The Morgan fingerprint density at radius 3 is 2.36 bits per heavy atom. The topological polar surface area (TPSA) is 129 Å². The zero-order valence-electron chi connectivity index (χ0n) is 11.7. The van der Waals surface area contributed by atoms with E-state index in [9.17, 15) is 13.2 Å². The lowest BCUT2D eigenvalue weighted by Crippen LogP contribution is -2.33. The normalized spacial score (nSPS) is 15.5. The molecule has 0 aromatic heterocycles. The number of hydrogen-bond acceptors (Lipinski definition) is 6. The number of nitrogens with zero attached hydrogens (tertiary/aromatic N) is 3. The lowest BCUT2D eigenvalue weighted by molar-refractivity contribution is -0.122. The maximum absolute atomic E-state index is 12.0. The second-order valence-corrected chi connectivity index (χ2v) is 6.31. The number of amides is 1. The standard InChI is InChI=1S/C13H15N5O3S/c14-9-12(13(19)18-7-1-2-8-18)17-16-10-3-5-11(6-4-10)22(15,20)21/h3-6,16H,1-2,7-8H2,(H2,15,20,21)/b17-12+. The highest BCUT2D eigenvalue weighted by Crippen LogP contribution is 2.13. The van der Waals surface area contributed by atoms with Crippen LogP contribution >= 0.6 is 0 Å². The van der Waals surface area contributed by atoms with Crippen molar-refractivity contribution in [2.24, 2.45) is 10.2 Å². The molecule has 1 aliphatic rings. The second kappa shape index (κ2) is 6.55. The van der Waals surface area contributed by atoms with Crippen molar-refractivity contribution in [3.8, 4) is 6.07 Å². The molecule has 1 amide bonds. The van der Waals surface area contributed by atoms with Gasteiger partial charge in [-0.25, -0.2) is 13.6 Å². The number of hydrazone groups is 1. The molecule has 1 saturated heterocycles. The number of carbonyl (C=O) groups is 1. The van der Waals surface area contributed by atoms with Gasteiger partial charge in [0.2, 0.25) is 15.7 Å². The van der Waals surface area contributed by atoms with E-state index in [4.69, 9.17) is 10.4 Å². The van der Waals surface area contributed by atoms with Gasteiger partial charge in [-0.3, -0.25) is 10.2 Å². The first kappa shape index (κ1) is 15.9. The van der Waals surface area contributed by atoms with Crippen LogP contribution in [0, 0.1) is 11.3 Å². The summed E-state index contributed by atoms with van der Waals surface area (Å²) >= 11 is 0. The van der Waals surface area contributed by atoms with Gasteiger partial charge in [0.05, 0.1) is 10.6 Å². The Balaban J connectivity index is 2.09. The van der Waals surface area contributed by atoms with Crippen molar-refractivity contribution >= 4 is 27.3 Å². The number of hydrogen-bond donors (Lipinski definition) is 2. The zero-order valence-corrected chi connectivity index (χ0v) is 12.5. The van der Waals surface area contributed by atoms with Crippen LogP contribution in [0.4, 0.5) is 5.69 Å². The van der Waals surface area contributed by atoms with Gasteiger partial charge in [-0.1, -0.05) is 0 Å². The molecule has 3 N–H and O–H groups in total. The maximum Gasteiger partial charge on any atom is 0.285 e. The molecule has 116 valence electrons. The Hall–Kier alpha value is -2.44. The van der Waals surface area contributed by atoms with Crippen LogP contribution in [0.3, 0.4) is 0 Å². The summed E-state index contributed by atoms with van der Waals surface area (Å²) in [5.41, 5.74) is 2.76. The van der Waals surface area contributed by atoms with Gasteiger partial charge in [0.1, 0.15) is 6.07 Å². The van der Waals surface area contributed by atoms with Gasteiger partial charge in [-0.15, -0.1) is 0 Å². The van der Waals surface area contributed by atoms with Crippen LogP contribution < -0.4 is 10.6 Å². The number of benzene rings is 1. The van der Waals surface area contributed by atoms with Crippen molar-refractivity contribution in [2.75, 3.05) is 18.5 Å². The monoisotopic (exact) mass is 321 g/mol. The molecule has 1 aromatic rings. The molecule has 2 rings (SSSR count). The number of anilines is 1. The number of rotatable bonds is 4. The molecule has 0 unspecified atom stereocenters.